The zero-order chi connectivity index (χ0) is 13.0. The summed E-state index contributed by atoms with van der Waals surface area (Å²) in [5.74, 6) is 0.0246. The van der Waals surface area contributed by atoms with Gasteiger partial charge in [-0.05, 0) is 18.2 Å². The molecule has 0 radical (unpaired) electrons. The van der Waals surface area contributed by atoms with Crippen LogP contribution >= 0.6 is 11.6 Å². The van der Waals surface area contributed by atoms with Gasteiger partial charge in [-0.15, -0.1) is 0 Å². The number of aromatic hydroxyl groups is 1. The molecule has 0 saturated carbocycles. The lowest BCUT2D eigenvalue weighted by molar-refractivity contribution is 0.479. The van der Waals surface area contributed by atoms with Crippen molar-refractivity contribution in [2.45, 2.75) is 0 Å². The molecule has 0 spiro atoms. The summed E-state index contributed by atoms with van der Waals surface area (Å²) in [4.78, 5) is 4.45. The van der Waals surface area contributed by atoms with Gasteiger partial charge in [0.05, 0.1) is 21.6 Å². The molecule has 4 heteroatoms. The van der Waals surface area contributed by atoms with Crippen molar-refractivity contribution in [1.82, 2.24) is 9.38 Å². The normalized spacial score (nSPS) is 11.6. The van der Waals surface area contributed by atoms with E-state index in [-0.39, 0.29) is 5.75 Å². The van der Waals surface area contributed by atoms with E-state index < -0.39 is 0 Å². The second-order valence-corrected chi connectivity index (χ2v) is 4.82. The number of benzene rings is 2. The molecule has 0 unspecified atom stereocenters. The molecule has 0 saturated heterocycles. The van der Waals surface area contributed by atoms with Gasteiger partial charge >= 0.3 is 0 Å². The van der Waals surface area contributed by atoms with E-state index in [9.17, 15) is 5.11 Å². The Morgan fingerprint density at radius 2 is 1.63 bits per heavy atom. The lowest BCUT2D eigenvalue weighted by Gasteiger charge is -2.07. The molecule has 92 valence electrons. The average Bonchev–Trinajstić information content (AvgIpc) is 2.84. The first-order valence-corrected chi connectivity index (χ1v) is 6.31. The van der Waals surface area contributed by atoms with Crippen molar-refractivity contribution in [2.24, 2.45) is 0 Å². The molecule has 0 fully saturated rings. The number of aromatic nitrogens is 2. The fourth-order valence-electron chi connectivity index (χ4n) is 2.51. The number of hydrogen-bond donors (Lipinski definition) is 1. The number of nitrogens with zero attached hydrogens (tertiary/aromatic N) is 2. The van der Waals surface area contributed by atoms with Crippen LogP contribution in [0.15, 0.2) is 48.5 Å². The molecule has 2 aromatic carbocycles. The number of pyridine rings is 1. The first kappa shape index (κ1) is 10.6. The quantitative estimate of drug-likeness (QED) is 0.523. The molecule has 0 atom stereocenters. The van der Waals surface area contributed by atoms with Crippen LogP contribution in [0.25, 0.3) is 27.6 Å². The predicted octanol–water partition coefficient (Wildman–Crippen LogP) is 4.00. The standard InChI is InChI=1S/C15H9ClN2O/c16-13-9-5-1-3-7-11(9)18-12-8-4-2-6-10(12)17-15(18)14(13)19/h1-8,19H. The largest absolute Gasteiger partial charge is 0.503 e. The topological polar surface area (TPSA) is 37.5 Å². The van der Waals surface area contributed by atoms with Gasteiger partial charge in [-0.1, -0.05) is 41.9 Å². The number of rotatable bonds is 0. The van der Waals surface area contributed by atoms with Crippen molar-refractivity contribution >= 4 is 39.2 Å². The Bertz CT molecular complexity index is 943. The lowest BCUT2D eigenvalue weighted by Crippen LogP contribution is -1.90. The molecule has 0 aliphatic heterocycles. The molecule has 0 aliphatic rings. The molecule has 3 nitrogen and oxygen atoms in total. The number of halogens is 1. The fourth-order valence-corrected chi connectivity index (χ4v) is 2.75. The summed E-state index contributed by atoms with van der Waals surface area (Å²) in [5.41, 5.74) is 3.23. The van der Waals surface area contributed by atoms with Crippen molar-refractivity contribution < 1.29 is 5.11 Å². The second kappa shape index (κ2) is 3.62. The summed E-state index contributed by atoms with van der Waals surface area (Å²) in [7, 11) is 0. The van der Waals surface area contributed by atoms with E-state index in [1.165, 1.54) is 0 Å². The monoisotopic (exact) mass is 268 g/mol. The second-order valence-electron chi connectivity index (χ2n) is 4.44. The van der Waals surface area contributed by atoms with Crippen LogP contribution in [0.2, 0.25) is 5.02 Å². The zero-order valence-electron chi connectivity index (χ0n) is 9.84. The first-order chi connectivity index (χ1) is 9.27. The summed E-state index contributed by atoms with van der Waals surface area (Å²) >= 11 is 6.23. The summed E-state index contributed by atoms with van der Waals surface area (Å²) in [6.45, 7) is 0. The van der Waals surface area contributed by atoms with Gasteiger partial charge in [-0.3, -0.25) is 4.40 Å². The Morgan fingerprint density at radius 3 is 2.47 bits per heavy atom. The molecule has 0 bridgehead atoms. The maximum Gasteiger partial charge on any atom is 0.182 e. The van der Waals surface area contributed by atoms with Crippen molar-refractivity contribution in [2.75, 3.05) is 0 Å². The molecule has 0 aliphatic carbocycles. The van der Waals surface area contributed by atoms with Crippen LogP contribution < -0.4 is 0 Å². The molecule has 1 N–H and O–H groups in total. The SMILES string of the molecule is Oc1c(Cl)c2ccccc2n2c1nc1ccccc12. The maximum atomic E-state index is 10.2. The van der Waals surface area contributed by atoms with Crippen LogP contribution in [-0.4, -0.2) is 14.5 Å². The Balaban J connectivity index is 2.43. The van der Waals surface area contributed by atoms with Crippen LogP contribution in [0.1, 0.15) is 0 Å². The van der Waals surface area contributed by atoms with E-state index in [0.717, 1.165) is 21.9 Å². The van der Waals surface area contributed by atoms with Crippen molar-refractivity contribution in [3.05, 3.63) is 53.6 Å². The average molecular weight is 269 g/mol. The van der Waals surface area contributed by atoms with Gasteiger partial charge in [0, 0.05) is 5.39 Å². The molecule has 2 aromatic heterocycles. The Labute approximate surface area is 113 Å². The van der Waals surface area contributed by atoms with E-state index >= 15 is 0 Å². The van der Waals surface area contributed by atoms with Crippen LogP contribution in [0.3, 0.4) is 0 Å². The van der Waals surface area contributed by atoms with Gasteiger partial charge in [-0.2, -0.15) is 0 Å². The van der Waals surface area contributed by atoms with Crippen LogP contribution in [0, 0.1) is 0 Å². The molecule has 4 rings (SSSR count). The molecule has 0 amide bonds. The third-order valence-electron chi connectivity index (χ3n) is 3.36. The van der Waals surface area contributed by atoms with Gasteiger partial charge in [0.15, 0.2) is 11.4 Å². The highest BCUT2D eigenvalue weighted by Crippen LogP contribution is 2.37. The summed E-state index contributed by atoms with van der Waals surface area (Å²) in [5, 5.41) is 11.4. The third kappa shape index (κ3) is 1.30. The van der Waals surface area contributed by atoms with E-state index in [2.05, 4.69) is 4.98 Å². The summed E-state index contributed by atoms with van der Waals surface area (Å²) in [6.07, 6.45) is 0. The highest BCUT2D eigenvalue weighted by molar-refractivity contribution is 6.37. The first-order valence-electron chi connectivity index (χ1n) is 5.94. The fraction of sp³-hybridized carbons (Fsp3) is 0. The van der Waals surface area contributed by atoms with E-state index in [4.69, 9.17) is 11.6 Å². The van der Waals surface area contributed by atoms with Crippen LogP contribution in [-0.2, 0) is 0 Å². The van der Waals surface area contributed by atoms with Gasteiger partial charge in [0.25, 0.3) is 0 Å². The molecule has 2 heterocycles. The Kier molecular flexibility index (Phi) is 2.03. The van der Waals surface area contributed by atoms with Crippen molar-refractivity contribution in [3.63, 3.8) is 0 Å². The third-order valence-corrected chi connectivity index (χ3v) is 3.74. The highest BCUT2D eigenvalue weighted by Gasteiger charge is 2.15. The molecule has 4 aromatic rings. The lowest BCUT2D eigenvalue weighted by atomic mass is 10.2. The summed E-state index contributed by atoms with van der Waals surface area (Å²) in [6, 6.07) is 15.5. The van der Waals surface area contributed by atoms with E-state index in [1.54, 1.807) is 0 Å². The Morgan fingerprint density at radius 1 is 0.947 bits per heavy atom. The minimum absolute atomic E-state index is 0.0246. The maximum absolute atomic E-state index is 10.2. The van der Waals surface area contributed by atoms with Gasteiger partial charge in [-0.25, -0.2) is 4.98 Å². The predicted molar refractivity (Wildman–Crippen MR) is 76.9 cm³/mol. The number of fused-ring (bicyclic) bond motifs is 5. The van der Waals surface area contributed by atoms with Crippen molar-refractivity contribution in [1.29, 1.82) is 0 Å². The van der Waals surface area contributed by atoms with E-state index in [1.807, 2.05) is 52.9 Å². The van der Waals surface area contributed by atoms with Gasteiger partial charge in [0.1, 0.15) is 0 Å². The molecular weight excluding hydrogens is 260 g/mol. The van der Waals surface area contributed by atoms with Crippen molar-refractivity contribution in [3.8, 4) is 5.75 Å². The van der Waals surface area contributed by atoms with Gasteiger partial charge < -0.3 is 5.11 Å². The Hall–Kier alpha value is -2.26. The van der Waals surface area contributed by atoms with Crippen LogP contribution in [0.5, 0.6) is 5.75 Å². The zero-order valence-corrected chi connectivity index (χ0v) is 10.6. The number of para-hydroxylation sites is 3. The number of hydrogen-bond acceptors (Lipinski definition) is 2. The smallest absolute Gasteiger partial charge is 0.182 e. The van der Waals surface area contributed by atoms with E-state index in [0.29, 0.717) is 10.7 Å². The minimum Gasteiger partial charge on any atom is -0.503 e. The summed E-state index contributed by atoms with van der Waals surface area (Å²) < 4.78 is 1.94. The van der Waals surface area contributed by atoms with Crippen LogP contribution in [0.4, 0.5) is 0 Å². The highest BCUT2D eigenvalue weighted by atomic mass is 35.5. The minimum atomic E-state index is 0.0246. The number of imidazole rings is 1. The van der Waals surface area contributed by atoms with Gasteiger partial charge in [0.2, 0.25) is 0 Å². The molecule has 19 heavy (non-hydrogen) atoms. The molecular formula is C15H9ClN2O.